The molecule has 0 radical (unpaired) electrons. The fourth-order valence-corrected chi connectivity index (χ4v) is 8.91. The molecule has 4 fully saturated rings. The number of carbonyl (C=O) groups excluding carboxylic acids is 4. The normalized spacial score (nSPS) is 24.3. The van der Waals surface area contributed by atoms with Crippen molar-refractivity contribution in [2.75, 3.05) is 18.6 Å². The number of carboxylic acid groups (broad SMARTS) is 1. The zero-order valence-electron chi connectivity index (χ0n) is 28.4. The summed E-state index contributed by atoms with van der Waals surface area (Å²) in [5.74, 6) is -0.942. The van der Waals surface area contributed by atoms with Gasteiger partial charge in [-0.05, 0) is 110 Å². The van der Waals surface area contributed by atoms with Gasteiger partial charge in [0.15, 0.2) is 0 Å². The molecule has 4 aliphatic carbocycles. The highest BCUT2D eigenvalue weighted by Gasteiger charge is 2.52. The first-order chi connectivity index (χ1) is 24.0. The minimum absolute atomic E-state index is 0.0819. The second-order valence-electron chi connectivity index (χ2n) is 14.2. The predicted molar refractivity (Wildman–Crippen MR) is 190 cm³/mol. The van der Waals surface area contributed by atoms with Crippen molar-refractivity contribution in [1.29, 1.82) is 0 Å². The fraction of sp³-hybridized carbons (Fsp3) is 0.541. The summed E-state index contributed by atoms with van der Waals surface area (Å²) >= 11 is 1.46. The van der Waals surface area contributed by atoms with Gasteiger partial charge in [-0.25, -0.2) is 4.79 Å². The lowest BCUT2D eigenvalue weighted by atomic mass is 9.50. The minimum Gasteiger partial charge on any atom is -0.508 e. The van der Waals surface area contributed by atoms with Gasteiger partial charge in [-0.2, -0.15) is 11.8 Å². The van der Waals surface area contributed by atoms with Crippen LogP contribution in [0.25, 0.3) is 0 Å². The van der Waals surface area contributed by atoms with Crippen LogP contribution >= 0.6 is 11.8 Å². The van der Waals surface area contributed by atoms with Crippen LogP contribution in [-0.2, 0) is 36.8 Å². The topological polar surface area (TPSA) is 200 Å². The molecule has 2 aromatic rings. The molecule has 2 aromatic carbocycles. The number of amides is 4. The second-order valence-corrected chi connectivity index (χ2v) is 15.2. The Morgan fingerprint density at radius 1 is 0.780 bits per heavy atom. The molecule has 270 valence electrons. The standard InChI is InChI=1S/C37H49N5O7S/c1-50-12-11-29(37(48)49)41-35(46)30(19-21-5-3-2-4-6-21)40-31(44)20-39-36(47)33(32-25-14-23-13-24(16-25)17-26(32)15-23)42-34(45)28(38)18-22-7-9-27(43)10-8-22/h2-10,23-26,28-30,32-33,43H,11-20,38H2,1H3,(H,39,47)(H,40,44)(H,41,46)(H,42,45)(H,48,49)/t23?,24?,25?,26?,28-,29-,30-,32?,33?/m0/s1. The molecule has 0 saturated heterocycles. The number of carbonyl (C=O) groups is 5. The van der Waals surface area contributed by atoms with Crippen molar-refractivity contribution < 1.29 is 34.2 Å². The Balaban J connectivity index is 1.26. The maximum atomic E-state index is 13.9. The monoisotopic (exact) mass is 707 g/mol. The van der Waals surface area contributed by atoms with Crippen LogP contribution in [0.2, 0.25) is 0 Å². The molecule has 4 saturated carbocycles. The Morgan fingerprint density at radius 2 is 1.40 bits per heavy atom. The highest BCUT2D eigenvalue weighted by molar-refractivity contribution is 7.98. The van der Waals surface area contributed by atoms with Gasteiger partial charge in [0.05, 0.1) is 12.6 Å². The molecule has 13 heteroatoms. The highest BCUT2D eigenvalue weighted by atomic mass is 32.2. The second kappa shape index (κ2) is 17.2. The lowest BCUT2D eigenvalue weighted by Crippen LogP contribution is -2.61. The van der Waals surface area contributed by atoms with Gasteiger partial charge in [-0.3, -0.25) is 19.2 Å². The van der Waals surface area contributed by atoms with Crippen LogP contribution in [0.3, 0.4) is 0 Å². The van der Waals surface area contributed by atoms with E-state index in [0.717, 1.165) is 36.8 Å². The Bertz CT molecular complexity index is 1480. The molecular weight excluding hydrogens is 659 g/mol. The van der Waals surface area contributed by atoms with Gasteiger partial charge in [-0.15, -0.1) is 0 Å². The Labute approximate surface area is 297 Å². The third-order valence-corrected chi connectivity index (χ3v) is 11.2. The number of aliphatic carboxylic acids is 1. The number of hydrogen-bond acceptors (Lipinski definition) is 8. The fourth-order valence-electron chi connectivity index (χ4n) is 8.43. The summed E-state index contributed by atoms with van der Waals surface area (Å²) in [5, 5.41) is 30.2. The van der Waals surface area contributed by atoms with Crippen molar-refractivity contribution in [2.45, 2.75) is 75.5 Å². The molecule has 0 heterocycles. The van der Waals surface area contributed by atoms with E-state index in [0.29, 0.717) is 17.6 Å². The number of hydrogen-bond donors (Lipinski definition) is 7. The van der Waals surface area contributed by atoms with Gasteiger partial charge in [0, 0.05) is 6.42 Å². The first-order valence-corrected chi connectivity index (χ1v) is 18.9. The number of aromatic hydroxyl groups is 1. The molecule has 8 N–H and O–H groups in total. The van der Waals surface area contributed by atoms with Crippen molar-refractivity contribution >= 4 is 41.4 Å². The number of carboxylic acids is 1. The minimum atomic E-state index is -1.16. The summed E-state index contributed by atoms with van der Waals surface area (Å²) in [7, 11) is 0. The van der Waals surface area contributed by atoms with Crippen LogP contribution in [0.15, 0.2) is 54.6 Å². The summed E-state index contributed by atoms with van der Waals surface area (Å²) in [4.78, 5) is 65.9. The number of nitrogens with one attached hydrogen (secondary N) is 4. The summed E-state index contributed by atoms with van der Waals surface area (Å²) in [6.07, 6.45) is 7.69. The Hall–Kier alpha value is -4.10. The Kier molecular flexibility index (Phi) is 12.8. The van der Waals surface area contributed by atoms with Crippen molar-refractivity contribution in [3.8, 4) is 5.75 Å². The molecule has 0 aliphatic heterocycles. The van der Waals surface area contributed by atoms with Crippen LogP contribution in [0.1, 0.15) is 49.7 Å². The third kappa shape index (κ3) is 9.78. The van der Waals surface area contributed by atoms with Crippen molar-refractivity contribution in [1.82, 2.24) is 21.3 Å². The molecule has 1 unspecified atom stereocenters. The van der Waals surface area contributed by atoms with E-state index in [1.54, 1.807) is 36.4 Å². The Morgan fingerprint density at radius 3 is 2.00 bits per heavy atom. The predicted octanol–water partition coefficient (Wildman–Crippen LogP) is 1.99. The van der Waals surface area contributed by atoms with Gasteiger partial charge in [0.25, 0.3) is 0 Å². The van der Waals surface area contributed by atoms with Crippen molar-refractivity contribution in [2.24, 2.45) is 35.3 Å². The van der Waals surface area contributed by atoms with Gasteiger partial charge in [0.1, 0.15) is 23.9 Å². The largest absolute Gasteiger partial charge is 0.508 e. The van der Waals surface area contributed by atoms with E-state index in [1.165, 1.54) is 30.3 Å². The third-order valence-electron chi connectivity index (χ3n) is 10.6. The molecule has 4 atom stereocenters. The molecular formula is C37H49N5O7S. The summed E-state index contributed by atoms with van der Waals surface area (Å²) in [5.41, 5.74) is 7.85. The molecule has 0 aromatic heterocycles. The van der Waals surface area contributed by atoms with E-state index >= 15 is 0 Å². The average Bonchev–Trinajstić information content (AvgIpc) is 3.08. The van der Waals surface area contributed by atoms with Crippen LogP contribution in [0.5, 0.6) is 5.75 Å². The van der Waals surface area contributed by atoms with E-state index in [9.17, 15) is 34.2 Å². The van der Waals surface area contributed by atoms with E-state index in [1.807, 2.05) is 12.3 Å². The van der Waals surface area contributed by atoms with Crippen molar-refractivity contribution in [3.05, 3.63) is 65.7 Å². The first-order valence-electron chi connectivity index (χ1n) is 17.5. The highest BCUT2D eigenvalue weighted by Crippen LogP contribution is 2.57. The number of rotatable bonds is 17. The van der Waals surface area contributed by atoms with Gasteiger partial charge < -0.3 is 37.2 Å². The molecule has 0 spiro atoms. The maximum Gasteiger partial charge on any atom is 0.326 e. The van der Waals surface area contributed by atoms with Gasteiger partial charge in [-0.1, -0.05) is 42.5 Å². The number of nitrogens with two attached hydrogens (primary N) is 1. The van der Waals surface area contributed by atoms with Gasteiger partial charge in [0.2, 0.25) is 23.6 Å². The number of benzene rings is 2. The average molecular weight is 708 g/mol. The SMILES string of the molecule is CSCC[C@H](NC(=O)[C@H](Cc1ccccc1)NC(=O)CNC(=O)C(NC(=O)[C@@H](N)Cc1ccc(O)cc1)C1C2CC3CC(C2)CC1C3)C(=O)O. The lowest BCUT2D eigenvalue weighted by molar-refractivity contribution is -0.142. The van der Waals surface area contributed by atoms with Crippen LogP contribution < -0.4 is 27.0 Å². The maximum absolute atomic E-state index is 13.9. The van der Waals surface area contributed by atoms with Crippen molar-refractivity contribution in [3.63, 3.8) is 0 Å². The number of thioether (sulfide) groups is 1. The molecule has 4 aliphatic rings. The molecule has 4 amide bonds. The van der Waals surface area contributed by atoms with Gasteiger partial charge >= 0.3 is 5.97 Å². The first kappa shape index (κ1) is 37.2. The lowest BCUT2D eigenvalue weighted by Gasteiger charge is -2.56. The van der Waals surface area contributed by atoms with E-state index in [-0.39, 0.29) is 42.8 Å². The molecule has 6 rings (SSSR count). The molecule has 12 nitrogen and oxygen atoms in total. The summed E-state index contributed by atoms with van der Waals surface area (Å²) < 4.78 is 0. The zero-order valence-corrected chi connectivity index (χ0v) is 29.2. The van der Waals surface area contributed by atoms with E-state index in [4.69, 9.17) is 5.73 Å². The smallest absolute Gasteiger partial charge is 0.326 e. The molecule has 50 heavy (non-hydrogen) atoms. The van der Waals surface area contributed by atoms with Crippen LogP contribution in [0, 0.1) is 29.6 Å². The molecule has 4 bridgehead atoms. The quantitative estimate of drug-likeness (QED) is 0.128. The number of phenolic OH excluding ortho intramolecular Hbond substituents is 1. The summed E-state index contributed by atoms with van der Waals surface area (Å²) in [6.45, 7) is -0.439. The van der Waals surface area contributed by atoms with Crippen LogP contribution in [-0.4, -0.2) is 82.5 Å². The summed E-state index contributed by atoms with van der Waals surface area (Å²) in [6, 6.07) is 11.5. The van der Waals surface area contributed by atoms with Crippen LogP contribution in [0.4, 0.5) is 0 Å². The van der Waals surface area contributed by atoms with E-state index < -0.39 is 60.3 Å². The number of phenols is 1. The zero-order chi connectivity index (χ0) is 35.8. The van der Waals surface area contributed by atoms with E-state index in [2.05, 4.69) is 21.3 Å².